The van der Waals surface area contributed by atoms with Crippen molar-refractivity contribution in [3.63, 3.8) is 0 Å². The van der Waals surface area contributed by atoms with E-state index in [2.05, 4.69) is 24.5 Å². The first-order valence-corrected chi connectivity index (χ1v) is 15.0. The SMILES string of the molecule is CCCCCCCCC(CCCCCC)C(=O)NC(CCSCCC(=O)O)C(=O)NCCN(C)C. The second kappa shape index (κ2) is 23.1. The molecule has 0 saturated heterocycles. The molecule has 0 aromatic rings. The number of nitrogens with zero attached hydrogens (tertiary/aromatic N) is 1. The molecule has 0 rings (SSSR count). The molecule has 0 aromatic heterocycles. The number of carbonyl (C=O) groups is 3. The number of nitrogens with one attached hydrogen (secondary N) is 2. The Hall–Kier alpha value is -1.28. The van der Waals surface area contributed by atoms with E-state index in [1.54, 1.807) is 0 Å². The van der Waals surface area contributed by atoms with Crippen LogP contribution >= 0.6 is 11.8 Å². The summed E-state index contributed by atoms with van der Waals surface area (Å²) in [6.45, 7) is 5.67. The molecule has 0 spiro atoms. The lowest BCUT2D eigenvalue weighted by atomic mass is 9.93. The number of hydrogen-bond acceptors (Lipinski definition) is 5. The molecule has 2 atom stereocenters. The Morgan fingerprint density at radius 3 is 1.94 bits per heavy atom. The van der Waals surface area contributed by atoms with Crippen molar-refractivity contribution in [2.24, 2.45) is 5.92 Å². The molecule has 8 heteroatoms. The Labute approximate surface area is 218 Å². The highest BCUT2D eigenvalue weighted by Gasteiger charge is 2.25. The second-order valence-corrected chi connectivity index (χ2v) is 11.0. The minimum atomic E-state index is -0.815. The first-order valence-electron chi connectivity index (χ1n) is 13.8. The van der Waals surface area contributed by atoms with Crippen LogP contribution in [0.1, 0.15) is 104 Å². The molecule has 0 aliphatic carbocycles. The monoisotopic (exact) mass is 515 g/mol. The quantitative estimate of drug-likeness (QED) is 0.155. The molecular formula is C27H53N3O4S. The smallest absolute Gasteiger partial charge is 0.304 e. The van der Waals surface area contributed by atoms with Gasteiger partial charge in [0.2, 0.25) is 11.8 Å². The van der Waals surface area contributed by atoms with Crippen LogP contribution in [-0.4, -0.2) is 72.5 Å². The fraction of sp³-hybridized carbons (Fsp3) is 0.889. The number of carboxylic acids is 1. The number of amides is 2. The first kappa shape index (κ1) is 33.7. The predicted molar refractivity (Wildman–Crippen MR) is 148 cm³/mol. The fourth-order valence-corrected chi connectivity index (χ4v) is 4.87. The van der Waals surface area contributed by atoms with Crippen molar-refractivity contribution in [1.82, 2.24) is 15.5 Å². The number of likely N-dealkylation sites (N-methyl/N-ethyl adjacent to an activating group) is 1. The van der Waals surface area contributed by atoms with Gasteiger partial charge < -0.3 is 20.6 Å². The Morgan fingerprint density at radius 1 is 0.800 bits per heavy atom. The van der Waals surface area contributed by atoms with Crippen LogP contribution in [-0.2, 0) is 14.4 Å². The van der Waals surface area contributed by atoms with Gasteiger partial charge in [-0.3, -0.25) is 14.4 Å². The van der Waals surface area contributed by atoms with Gasteiger partial charge >= 0.3 is 5.97 Å². The summed E-state index contributed by atoms with van der Waals surface area (Å²) < 4.78 is 0. The minimum absolute atomic E-state index is 0.00153. The fourth-order valence-electron chi connectivity index (χ4n) is 3.94. The predicted octanol–water partition coefficient (Wildman–Crippen LogP) is 5.08. The molecule has 0 fully saturated rings. The number of unbranched alkanes of at least 4 members (excludes halogenated alkanes) is 8. The highest BCUT2D eigenvalue weighted by molar-refractivity contribution is 7.99. The highest BCUT2D eigenvalue weighted by Crippen LogP contribution is 2.20. The summed E-state index contributed by atoms with van der Waals surface area (Å²) in [4.78, 5) is 38.9. The van der Waals surface area contributed by atoms with Gasteiger partial charge in [-0.05, 0) is 39.1 Å². The van der Waals surface area contributed by atoms with E-state index < -0.39 is 12.0 Å². The van der Waals surface area contributed by atoms with Crippen molar-refractivity contribution in [3.05, 3.63) is 0 Å². The third-order valence-corrected chi connectivity index (χ3v) is 7.20. The summed E-state index contributed by atoms with van der Waals surface area (Å²) in [5, 5.41) is 14.8. The third-order valence-electron chi connectivity index (χ3n) is 6.19. The van der Waals surface area contributed by atoms with E-state index in [1.807, 2.05) is 19.0 Å². The van der Waals surface area contributed by atoms with Gasteiger partial charge in [-0.2, -0.15) is 11.8 Å². The lowest BCUT2D eigenvalue weighted by Crippen LogP contribution is -2.49. The van der Waals surface area contributed by atoms with E-state index in [9.17, 15) is 14.4 Å². The molecule has 0 bridgehead atoms. The molecule has 0 aromatic carbocycles. The lowest BCUT2D eigenvalue weighted by Gasteiger charge is -2.23. The Bertz CT molecular complexity index is 561. The number of thioether (sulfide) groups is 1. The van der Waals surface area contributed by atoms with Crippen LogP contribution in [0.5, 0.6) is 0 Å². The van der Waals surface area contributed by atoms with Gasteiger partial charge in [0.1, 0.15) is 6.04 Å². The van der Waals surface area contributed by atoms with Crippen LogP contribution in [0.25, 0.3) is 0 Å². The van der Waals surface area contributed by atoms with Crippen LogP contribution in [0.15, 0.2) is 0 Å². The van der Waals surface area contributed by atoms with Crippen molar-refractivity contribution in [2.45, 2.75) is 110 Å². The van der Waals surface area contributed by atoms with Gasteiger partial charge in [-0.25, -0.2) is 0 Å². The zero-order valence-corrected chi connectivity index (χ0v) is 23.7. The molecule has 0 radical (unpaired) electrons. The van der Waals surface area contributed by atoms with Crippen molar-refractivity contribution in [3.8, 4) is 0 Å². The van der Waals surface area contributed by atoms with Crippen LogP contribution in [0.4, 0.5) is 0 Å². The average molecular weight is 516 g/mol. The van der Waals surface area contributed by atoms with E-state index in [1.165, 1.54) is 50.3 Å². The van der Waals surface area contributed by atoms with Gasteiger partial charge in [0.25, 0.3) is 0 Å². The molecule has 2 amide bonds. The zero-order chi connectivity index (χ0) is 26.3. The van der Waals surface area contributed by atoms with E-state index in [0.29, 0.717) is 24.5 Å². The zero-order valence-electron chi connectivity index (χ0n) is 22.9. The van der Waals surface area contributed by atoms with E-state index in [0.717, 1.165) is 45.1 Å². The van der Waals surface area contributed by atoms with Crippen molar-refractivity contribution < 1.29 is 19.5 Å². The summed E-state index contributed by atoms with van der Waals surface area (Å²) in [6, 6.07) is -0.579. The van der Waals surface area contributed by atoms with Crippen LogP contribution in [0, 0.1) is 5.92 Å². The Balaban J connectivity index is 4.94. The summed E-state index contributed by atoms with van der Waals surface area (Å²) in [5.74, 6) is 0.134. The standard InChI is InChI=1S/C27H53N3O4S/c1-5-7-9-11-12-14-16-23(15-13-10-8-6-2)26(33)29-24(17-21-35-22-18-25(31)32)27(34)28-19-20-30(3)4/h23-24H,5-22H2,1-4H3,(H,28,34)(H,29,33)(H,31,32). The number of rotatable bonds is 24. The largest absolute Gasteiger partial charge is 0.481 e. The van der Waals surface area contributed by atoms with Crippen molar-refractivity contribution in [2.75, 3.05) is 38.7 Å². The van der Waals surface area contributed by atoms with Gasteiger partial charge in [-0.15, -0.1) is 0 Å². The summed E-state index contributed by atoms with van der Waals surface area (Å²) in [5.41, 5.74) is 0. The molecule has 0 aliphatic rings. The molecule has 0 aliphatic heterocycles. The molecule has 35 heavy (non-hydrogen) atoms. The van der Waals surface area contributed by atoms with Crippen LogP contribution < -0.4 is 10.6 Å². The van der Waals surface area contributed by atoms with Crippen molar-refractivity contribution >= 4 is 29.5 Å². The molecule has 3 N–H and O–H groups in total. The Morgan fingerprint density at radius 2 is 1.37 bits per heavy atom. The second-order valence-electron chi connectivity index (χ2n) is 9.80. The molecule has 0 heterocycles. The molecule has 2 unspecified atom stereocenters. The molecular weight excluding hydrogens is 462 g/mol. The van der Waals surface area contributed by atoms with Gasteiger partial charge in [-0.1, -0.05) is 78.1 Å². The van der Waals surface area contributed by atoms with E-state index in [-0.39, 0.29) is 24.2 Å². The number of aliphatic carboxylic acids is 1. The third kappa shape index (κ3) is 20.6. The van der Waals surface area contributed by atoms with Gasteiger partial charge in [0.15, 0.2) is 0 Å². The first-order chi connectivity index (χ1) is 16.8. The minimum Gasteiger partial charge on any atom is -0.481 e. The number of hydrogen-bond donors (Lipinski definition) is 3. The summed E-state index contributed by atoms with van der Waals surface area (Å²) in [7, 11) is 3.91. The number of carboxylic acid groups (broad SMARTS) is 1. The maximum absolute atomic E-state index is 13.3. The maximum atomic E-state index is 13.3. The van der Waals surface area contributed by atoms with Gasteiger partial charge in [0.05, 0.1) is 6.42 Å². The van der Waals surface area contributed by atoms with E-state index in [4.69, 9.17) is 5.11 Å². The molecule has 206 valence electrons. The van der Waals surface area contributed by atoms with E-state index >= 15 is 0 Å². The van der Waals surface area contributed by atoms with Crippen LogP contribution in [0.3, 0.4) is 0 Å². The topological polar surface area (TPSA) is 98.7 Å². The average Bonchev–Trinajstić information content (AvgIpc) is 2.80. The summed E-state index contributed by atoms with van der Waals surface area (Å²) in [6.07, 6.45) is 14.1. The maximum Gasteiger partial charge on any atom is 0.304 e. The number of carbonyl (C=O) groups excluding carboxylic acids is 2. The lowest BCUT2D eigenvalue weighted by molar-refractivity contribution is -0.136. The Kier molecular flexibility index (Phi) is 22.3. The van der Waals surface area contributed by atoms with Crippen molar-refractivity contribution in [1.29, 1.82) is 0 Å². The highest BCUT2D eigenvalue weighted by atomic mass is 32.2. The molecule has 7 nitrogen and oxygen atoms in total. The normalized spacial score (nSPS) is 12.9. The summed E-state index contributed by atoms with van der Waals surface area (Å²) >= 11 is 1.51. The molecule has 0 saturated carbocycles. The van der Waals surface area contributed by atoms with Gasteiger partial charge in [0, 0.05) is 24.8 Å². The van der Waals surface area contributed by atoms with Crippen LogP contribution in [0.2, 0.25) is 0 Å².